The Morgan fingerprint density at radius 1 is 1.11 bits per heavy atom. The van der Waals surface area contributed by atoms with Crippen molar-refractivity contribution in [3.63, 3.8) is 0 Å². The average Bonchev–Trinajstić information content (AvgIpc) is 2.66. The largest absolute Gasteiger partial charge is 0.493 e. The number of halogens is 2. The maximum absolute atomic E-state index is 12.7. The molecule has 28 heavy (non-hydrogen) atoms. The number of carbonyl (C=O) groups is 1. The number of sulfonamides is 1. The lowest BCUT2D eigenvalue weighted by Gasteiger charge is -2.12. The van der Waals surface area contributed by atoms with Gasteiger partial charge in [-0.2, -0.15) is 8.78 Å². The van der Waals surface area contributed by atoms with E-state index >= 15 is 0 Å². The van der Waals surface area contributed by atoms with Gasteiger partial charge in [-0.3, -0.25) is 4.79 Å². The summed E-state index contributed by atoms with van der Waals surface area (Å²) in [5, 5.41) is 0. The van der Waals surface area contributed by atoms with Crippen molar-refractivity contribution < 1.29 is 31.5 Å². The summed E-state index contributed by atoms with van der Waals surface area (Å²) >= 11 is 0. The second-order valence-electron chi connectivity index (χ2n) is 5.77. The predicted molar refractivity (Wildman–Crippen MR) is 100 cm³/mol. The van der Waals surface area contributed by atoms with Crippen molar-refractivity contribution in [1.29, 1.82) is 0 Å². The van der Waals surface area contributed by atoms with Gasteiger partial charge in [-0.25, -0.2) is 12.7 Å². The number of hydrogen-bond donors (Lipinski definition) is 0. The molecule has 0 spiro atoms. The van der Waals surface area contributed by atoms with Gasteiger partial charge in [-0.05, 0) is 42.5 Å². The Labute approximate surface area is 162 Å². The van der Waals surface area contributed by atoms with E-state index in [0.29, 0.717) is 0 Å². The number of ether oxygens (including phenoxy) is 2. The lowest BCUT2D eigenvalue weighted by Crippen LogP contribution is -2.22. The molecule has 2 aromatic rings. The zero-order chi connectivity index (χ0) is 20.9. The van der Waals surface area contributed by atoms with Crippen LogP contribution in [0.15, 0.2) is 53.4 Å². The van der Waals surface area contributed by atoms with Crippen molar-refractivity contribution in [2.75, 3.05) is 21.2 Å². The first kappa shape index (κ1) is 21.5. The quantitative estimate of drug-likeness (QED) is 0.492. The Bertz CT molecular complexity index is 970. The average molecular weight is 411 g/mol. The Kier molecular flexibility index (Phi) is 6.87. The minimum Gasteiger partial charge on any atom is -0.493 e. The van der Waals surface area contributed by atoms with Crippen LogP contribution in [-0.2, 0) is 10.0 Å². The zero-order valence-electron chi connectivity index (χ0n) is 15.4. The number of nitrogens with zero attached hydrogens (tertiary/aromatic N) is 1. The second kappa shape index (κ2) is 8.94. The number of hydrogen-bond acceptors (Lipinski definition) is 5. The molecule has 0 saturated heterocycles. The molecule has 6 nitrogen and oxygen atoms in total. The Morgan fingerprint density at radius 2 is 1.75 bits per heavy atom. The summed E-state index contributed by atoms with van der Waals surface area (Å²) in [6.07, 6.45) is 2.51. The molecule has 0 atom stereocenters. The highest BCUT2D eigenvalue weighted by Crippen LogP contribution is 2.33. The standard InChI is InChI=1S/C19H19F2NO5S/c1-22(2)28(24,25)15-10-7-13(8-11-15)16(23)12-9-14-5-4-6-17(26-3)18(14)27-19(20)21/h4-12,19H,1-3H3. The Morgan fingerprint density at radius 3 is 2.29 bits per heavy atom. The van der Waals surface area contributed by atoms with Gasteiger partial charge in [0.25, 0.3) is 0 Å². The van der Waals surface area contributed by atoms with E-state index < -0.39 is 22.4 Å². The number of allylic oxidation sites excluding steroid dienone is 1. The monoisotopic (exact) mass is 411 g/mol. The van der Waals surface area contributed by atoms with Gasteiger partial charge in [0.2, 0.25) is 10.0 Å². The van der Waals surface area contributed by atoms with Crippen LogP contribution in [0, 0.1) is 0 Å². The highest BCUT2D eigenvalue weighted by atomic mass is 32.2. The van der Waals surface area contributed by atoms with E-state index in [1.165, 1.54) is 69.8 Å². The summed E-state index contributed by atoms with van der Waals surface area (Å²) in [5.74, 6) is -0.510. The summed E-state index contributed by atoms with van der Waals surface area (Å²) in [6, 6.07) is 9.94. The number of alkyl halides is 2. The van der Waals surface area contributed by atoms with E-state index in [0.717, 1.165) is 4.31 Å². The topological polar surface area (TPSA) is 72.9 Å². The second-order valence-corrected chi connectivity index (χ2v) is 7.92. The highest BCUT2D eigenvalue weighted by molar-refractivity contribution is 7.89. The summed E-state index contributed by atoms with van der Waals surface area (Å²) in [4.78, 5) is 12.4. The molecule has 0 aliphatic rings. The van der Waals surface area contributed by atoms with Gasteiger partial charge >= 0.3 is 6.61 Å². The van der Waals surface area contributed by atoms with Gasteiger partial charge in [0.1, 0.15) is 0 Å². The van der Waals surface area contributed by atoms with E-state index in [1.54, 1.807) is 6.07 Å². The molecule has 0 saturated carbocycles. The molecule has 0 N–H and O–H groups in total. The van der Waals surface area contributed by atoms with Crippen molar-refractivity contribution in [2.45, 2.75) is 11.5 Å². The molecule has 2 aromatic carbocycles. The van der Waals surface area contributed by atoms with E-state index in [2.05, 4.69) is 4.74 Å². The fraction of sp³-hybridized carbons (Fsp3) is 0.211. The number of carbonyl (C=O) groups excluding carboxylic acids is 1. The first-order chi connectivity index (χ1) is 13.2. The molecule has 2 rings (SSSR count). The van der Waals surface area contributed by atoms with Gasteiger partial charge in [0, 0.05) is 25.2 Å². The molecular weight excluding hydrogens is 392 g/mol. The third-order valence-electron chi connectivity index (χ3n) is 3.77. The highest BCUT2D eigenvalue weighted by Gasteiger charge is 2.17. The lowest BCUT2D eigenvalue weighted by atomic mass is 10.1. The van der Waals surface area contributed by atoms with Crippen LogP contribution in [0.4, 0.5) is 8.78 Å². The summed E-state index contributed by atoms with van der Waals surface area (Å²) in [6.45, 7) is -3.05. The van der Waals surface area contributed by atoms with Crippen LogP contribution in [0.2, 0.25) is 0 Å². The minimum absolute atomic E-state index is 0.0541. The predicted octanol–water partition coefficient (Wildman–Crippen LogP) is 3.44. The molecule has 0 bridgehead atoms. The first-order valence-corrected chi connectivity index (χ1v) is 9.47. The maximum Gasteiger partial charge on any atom is 0.387 e. The molecule has 0 heterocycles. The molecule has 0 radical (unpaired) electrons. The van der Waals surface area contributed by atoms with Crippen molar-refractivity contribution in [2.24, 2.45) is 0 Å². The van der Waals surface area contributed by atoms with Crippen molar-refractivity contribution in [3.05, 3.63) is 59.7 Å². The molecule has 150 valence electrons. The van der Waals surface area contributed by atoms with E-state index in [4.69, 9.17) is 4.74 Å². The Balaban J connectivity index is 2.27. The van der Waals surface area contributed by atoms with E-state index in [1.807, 2.05) is 0 Å². The third-order valence-corrected chi connectivity index (χ3v) is 5.60. The van der Waals surface area contributed by atoms with Crippen LogP contribution < -0.4 is 9.47 Å². The number of benzene rings is 2. The normalized spacial score (nSPS) is 12.0. The molecule has 0 aliphatic heterocycles. The number of para-hydroxylation sites is 1. The molecule has 0 unspecified atom stereocenters. The summed E-state index contributed by atoms with van der Waals surface area (Å²) in [5.41, 5.74) is 0.480. The van der Waals surface area contributed by atoms with Gasteiger partial charge in [-0.1, -0.05) is 12.1 Å². The molecular formula is C19H19F2NO5S. The van der Waals surface area contributed by atoms with Crippen molar-refractivity contribution in [1.82, 2.24) is 4.31 Å². The summed E-state index contributed by atoms with van der Waals surface area (Å²) in [7, 11) is 0.532. The number of methoxy groups -OCH3 is 1. The van der Waals surface area contributed by atoms with Crippen LogP contribution in [0.1, 0.15) is 15.9 Å². The molecule has 0 fully saturated rings. The first-order valence-electron chi connectivity index (χ1n) is 8.03. The number of rotatable bonds is 8. The third kappa shape index (κ3) is 4.93. The van der Waals surface area contributed by atoms with Crippen LogP contribution in [0.25, 0.3) is 6.08 Å². The van der Waals surface area contributed by atoms with Crippen molar-refractivity contribution in [3.8, 4) is 11.5 Å². The molecule has 0 amide bonds. The lowest BCUT2D eigenvalue weighted by molar-refractivity contribution is -0.0513. The fourth-order valence-corrected chi connectivity index (χ4v) is 3.21. The summed E-state index contributed by atoms with van der Waals surface area (Å²) < 4.78 is 60.0. The van der Waals surface area contributed by atoms with Crippen LogP contribution in [0.3, 0.4) is 0 Å². The van der Waals surface area contributed by atoms with Gasteiger partial charge in [-0.15, -0.1) is 0 Å². The Hall–Kier alpha value is -2.78. The number of ketones is 1. The van der Waals surface area contributed by atoms with Crippen LogP contribution in [0.5, 0.6) is 11.5 Å². The van der Waals surface area contributed by atoms with Gasteiger partial charge in [0.05, 0.1) is 12.0 Å². The molecule has 9 heteroatoms. The van der Waals surface area contributed by atoms with Gasteiger partial charge in [0.15, 0.2) is 17.3 Å². The minimum atomic E-state index is -3.60. The van der Waals surface area contributed by atoms with E-state index in [-0.39, 0.29) is 27.5 Å². The molecule has 0 aromatic heterocycles. The maximum atomic E-state index is 12.7. The van der Waals surface area contributed by atoms with Crippen LogP contribution >= 0.6 is 0 Å². The molecule has 0 aliphatic carbocycles. The van der Waals surface area contributed by atoms with Gasteiger partial charge < -0.3 is 9.47 Å². The smallest absolute Gasteiger partial charge is 0.387 e. The fourth-order valence-electron chi connectivity index (χ4n) is 2.30. The van der Waals surface area contributed by atoms with Crippen molar-refractivity contribution >= 4 is 21.9 Å². The zero-order valence-corrected chi connectivity index (χ0v) is 16.2. The van der Waals surface area contributed by atoms with Crippen LogP contribution in [-0.4, -0.2) is 46.3 Å². The van der Waals surface area contributed by atoms with E-state index in [9.17, 15) is 22.0 Å². The SMILES string of the molecule is COc1cccc(C=CC(=O)c2ccc(S(=O)(=O)N(C)C)cc2)c1OC(F)F.